The zero-order valence-electron chi connectivity index (χ0n) is 16.6. The molecule has 148 valence electrons. The number of nitrogens with zero attached hydrogens (tertiary/aromatic N) is 4. The predicted molar refractivity (Wildman–Crippen MR) is 114 cm³/mol. The molecular weight excluding hydrogens is 362 g/mol. The molecule has 0 bridgehead atoms. The van der Waals surface area contributed by atoms with Crippen molar-refractivity contribution in [2.24, 2.45) is 0 Å². The third-order valence-corrected chi connectivity index (χ3v) is 5.70. The van der Waals surface area contributed by atoms with E-state index in [2.05, 4.69) is 75.5 Å². The number of aromatic nitrogens is 3. The topological polar surface area (TPSA) is 58.6 Å². The monoisotopic (exact) mass is 387 g/mol. The number of pyridine rings is 1. The Labute approximate surface area is 170 Å². The lowest BCUT2D eigenvalue weighted by atomic mass is 10.0. The molecule has 5 rings (SSSR count). The van der Waals surface area contributed by atoms with Crippen LogP contribution in [0.1, 0.15) is 24.1 Å². The largest absolute Gasteiger partial charge is 0.371 e. The second-order valence-corrected chi connectivity index (χ2v) is 7.78. The van der Waals surface area contributed by atoms with E-state index in [1.165, 1.54) is 11.3 Å². The Kier molecular flexibility index (Phi) is 4.77. The summed E-state index contributed by atoms with van der Waals surface area (Å²) >= 11 is 0. The first-order valence-corrected chi connectivity index (χ1v) is 10.2. The first-order valence-electron chi connectivity index (χ1n) is 10.2. The van der Waals surface area contributed by atoms with Crippen LogP contribution in [0.4, 0.5) is 5.69 Å². The molecule has 1 fully saturated rings. The second-order valence-electron chi connectivity index (χ2n) is 7.78. The summed E-state index contributed by atoms with van der Waals surface area (Å²) in [4.78, 5) is 7.23. The highest BCUT2D eigenvalue weighted by Crippen LogP contribution is 2.25. The van der Waals surface area contributed by atoms with Crippen LogP contribution in [-0.2, 0) is 6.54 Å². The van der Waals surface area contributed by atoms with E-state index in [9.17, 15) is 0 Å². The van der Waals surface area contributed by atoms with Gasteiger partial charge in [-0.05, 0) is 49.6 Å². The van der Waals surface area contributed by atoms with Gasteiger partial charge in [-0.2, -0.15) is 0 Å². The third-order valence-electron chi connectivity index (χ3n) is 5.70. The molecule has 0 unspecified atom stereocenters. The van der Waals surface area contributed by atoms with Crippen LogP contribution < -0.4 is 10.2 Å². The molecule has 4 aromatic rings. The Morgan fingerprint density at radius 3 is 2.69 bits per heavy atom. The van der Waals surface area contributed by atoms with Crippen LogP contribution >= 0.6 is 0 Å². The maximum absolute atomic E-state index is 4.89. The van der Waals surface area contributed by atoms with Gasteiger partial charge in [-0.3, -0.25) is 0 Å². The molecule has 1 saturated heterocycles. The maximum atomic E-state index is 4.89. The molecule has 29 heavy (non-hydrogen) atoms. The van der Waals surface area contributed by atoms with E-state index >= 15 is 0 Å². The normalized spacial score (nSPS) is 15.3. The average Bonchev–Trinajstić information content (AvgIpc) is 3.42. The maximum Gasteiger partial charge on any atom is 0.137 e. The minimum absolute atomic E-state index is 0.531. The number of hydrogen-bond acceptors (Lipinski definition) is 5. The standard InChI is InChI=1S/C23H25N5O/c1-17-6-10-28-16-22(25-23(28)14-17)18-2-4-21(5-3-18)27-11-7-19(8-12-27)24-15-20-9-13-29-26-20/h2-6,9-10,13-14,16,19,24H,7-8,11-12,15H2,1H3. The number of rotatable bonds is 5. The Morgan fingerprint density at radius 2 is 1.93 bits per heavy atom. The molecule has 1 aliphatic rings. The van der Waals surface area contributed by atoms with E-state index in [4.69, 9.17) is 9.51 Å². The zero-order valence-corrected chi connectivity index (χ0v) is 16.6. The minimum Gasteiger partial charge on any atom is -0.371 e. The van der Waals surface area contributed by atoms with E-state index in [1.54, 1.807) is 6.26 Å². The minimum atomic E-state index is 0.531. The van der Waals surface area contributed by atoms with Crippen molar-refractivity contribution in [3.8, 4) is 11.3 Å². The van der Waals surface area contributed by atoms with Crippen LogP contribution in [-0.4, -0.2) is 33.7 Å². The van der Waals surface area contributed by atoms with Gasteiger partial charge < -0.3 is 19.1 Å². The Hall–Kier alpha value is -3.12. The first kappa shape index (κ1) is 17.9. The SMILES string of the molecule is Cc1ccn2cc(-c3ccc(N4CCC(NCc5ccon5)CC4)cc3)nc2c1. The van der Waals surface area contributed by atoms with Gasteiger partial charge in [0.15, 0.2) is 0 Å². The Balaban J connectivity index is 1.21. The Bertz CT molecular complexity index is 1080. The van der Waals surface area contributed by atoms with E-state index in [1.807, 2.05) is 6.07 Å². The van der Waals surface area contributed by atoms with Gasteiger partial charge in [0.1, 0.15) is 11.9 Å². The van der Waals surface area contributed by atoms with Gasteiger partial charge in [0.2, 0.25) is 0 Å². The van der Waals surface area contributed by atoms with Crippen molar-refractivity contribution in [2.75, 3.05) is 18.0 Å². The summed E-state index contributed by atoms with van der Waals surface area (Å²) in [6, 6.07) is 15.4. The summed E-state index contributed by atoms with van der Waals surface area (Å²) < 4.78 is 6.97. The summed E-state index contributed by atoms with van der Waals surface area (Å²) in [5.41, 5.74) is 6.62. The van der Waals surface area contributed by atoms with E-state index in [0.29, 0.717) is 6.04 Å². The molecule has 1 aromatic carbocycles. The first-order chi connectivity index (χ1) is 14.2. The van der Waals surface area contributed by atoms with Crippen molar-refractivity contribution < 1.29 is 4.52 Å². The van der Waals surface area contributed by atoms with Crippen molar-refractivity contribution in [1.82, 2.24) is 19.9 Å². The number of aryl methyl sites for hydroxylation is 1. The van der Waals surface area contributed by atoms with Crippen molar-refractivity contribution in [2.45, 2.75) is 32.4 Å². The van der Waals surface area contributed by atoms with Gasteiger partial charge in [-0.25, -0.2) is 4.98 Å². The van der Waals surface area contributed by atoms with Crippen molar-refractivity contribution >= 4 is 11.3 Å². The molecule has 0 amide bonds. The van der Waals surface area contributed by atoms with E-state index in [0.717, 1.165) is 55.1 Å². The van der Waals surface area contributed by atoms with Crippen LogP contribution in [0.25, 0.3) is 16.9 Å². The third kappa shape index (κ3) is 3.89. The summed E-state index contributed by atoms with van der Waals surface area (Å²) in [6.07, 6.45) is 8.04. The van der Waals surface area contributed by atoms with Gasteiger partial charge >= 0.3 is 0 Å². The fourth-order valence-corrected chi connectivity index (χ4v) is 3.99. The smallest absolute Gasteiger partial charge is 0.137 e. The molecule has 0 aliphatic carbocycles. The van der Waals surface area contributed by atoms with Crippen molar-refractivity contribution in [1.29, 1.82) is 0 Å². The molecule has 0 saturated carbocycles. The number of piperidine rings is 1. The molecule has 1 aliphatic heterocycles. The zero-order chi connectivity index (χ0) is 19.6. The fraction of sp³-hybridized carbons (Fsp3) is 0.304. The lowest BCUT2D eigenvalue weighted by Gasteiger charge is -2.34. The van der Waals surface area contributed by atoms with Crippen LogP contribution in [0.2, 0.25) is 0 Å². The summed E-state index contributed by atoms with van der Waals surface area (Å²) in [6.45, 7) is 4.98. The van der Waals surface area contributed by atoms with Crippen LogP contribution in [0.5, 0.6) is 0 Å². The molecule has 0 radical (unpaired) electrons. The lowest BCUT2D eigenvalue weighted by molar-refractivity contribution is 0.387. The summed E-state index contributed by atoms with van der Waals surface area (Å²) in [5.74, 6) is 0. The quantitative estimate of drug-likeness (QED) is 0.560. The number of nitrogens with one attached hydrogen (secondary N) is 1. The number of fused-ring (bicyclic) bond motifs is 1. The highest BCUT2D eigenvalue weighted by atomic mass is 16.5. The van der Waals surface area contributed by atoms with Crippen LogP contribution in [0.15, 0.2) is 65.6 Å². The van der Waals surface area contributed by atoms with Crippen LogP contribution in [0, 0.1) is 6.92 Å². The number of imidazole rings is 1. The molecule has 6 nitrogen and oxygen atoms in total. The number of hydrogen-bond donors (Lipinski definition) is 1. The number of anilines is 1. The fourth-order valence-electron chi connectivity index (χ4n) is 3.99. The van der Waals surface area contributed by atoms with Gasteiger partial charge in [0.05, 0.1) is 11.4 Å². The molecular formula is C23H25N5O. The molecule has 3 aromatic heterocycles. The molecule has 0 spiro atoms. The average molecular weight is 387 g/mol. The lowest BCUT2D eigenvalue weighted by Crippen LogP contribution is -2.42. The number of benzene rings is 1. The highest BCUT2D eigenvalue weighted by Gasteiger charge is 2.19. The second kappa shape index (κ2) is 7.72. The van der Waals surface area contributed by atoms with Crippen LogP contribution in [0.3, 0.4) is 0 Å². The molecule has 6 heteroatoms. The van der Waals surface area contributed by atoms with Crippen molar-refractivity contribution in [3.05, 3.63) is 72.4 Å². The summed E-state index contributed by atoms with van der Waals surface area (Å²) in [5, 5.41) is 7.54. The Morgan fingerprint density at radius 1 is 1.10 bits per heavy atom. The predicted octanol–water partition coefficient (Wildman–Crippen LogP) is 4.06. The molecule has 0 atom stereocenters. The molecule has 4 heterocycles. The van der Waals surface area contributed by atoms with Gasteiger partial charge in [-0.1, -0.05) is 17.3 Å². The summed E-state index contributed by atoms with van der Waals surface area (Å²) in [7, 11) is 0. The van der Waals surface area contributed by atoms with E-state index in [-0.39, 0.29) is 0 Å². The molecule has 1 N–H and O–H groups in total. The highest BCUT2D eigenvalue weighted by molar-refractivity contribution is 5.65. The van der Waals surface area contributed by atoms with Gasteiger partial charge in [-0.15, -0.1) is 0 Å². The van der Waals surface area contributed by atoms with Gasteiger partial charge in [0, 0.05) is 55.4 Å². The van der Waals surface area contributed by atoms with E-state index < -0.39 is 0 Å². The van der Waals surface area contributed by atoms with Gasteiger partial charge in [0.25, 0.3) is 0 Å². The van der Waals surface area contributed by atoms with Crippen molar-refractivity contribution in [3.63, 3.8) is 0 Å².